The first-order valence-electron chi connectivity index (χ1n) is 6.87. The minimum Gasteiger partial charge on any atom is -0.467 e. The molecule has 0 radical (unpaired) electrons. The summed E-state index contributed by atoms with van der Waals surface area (Å²) in [7, 11) is 0. The zero-order valence-corrected chi connectivity index (χ0v) is 12.1. The molecular weight excluding hydrogens is 282 g/mol. The van der Waals surface area contributed by atoms with Crippen molar-refractivity contribution in [3.63, 3.8) is 0 Å². The van der Waals surface area contributed by atoms with E-state index in [0.717, 1.165) is 5.69 Å². The Kier molecular flexibility index (Phi) is 4.00. The molecule has 0 aliphatic rings. The first-order chi connectivity index (χ1) is 10.7. The summed E-state index contributed by atoms with van der Waals surface area (Å²) in [6, 6.07) is 10.8. The van der Waals surface area contributed by atoms with Gasteiger partial charge in [-0.1, -0.05) is 11.2 Å². The molecule has 3 aromatic rings. The lowest BCUT2D eigenvalue weighted by molar-refractivity contribution is 0.0705. The number of furan rings is 1. The molecule has 1 amide bonds. The van der Waals surface area contributed by atoms with Crippen molar-refractivity contribution >= 4 is 5.91 Å². The van der Waals surface area contributed by atoms with Crippen LogP contribution in [0.3, 0.4) is 0 Å². The minimum absolute atomic E-state index is 0.223. The summed E-state index contributed by atoms with van der Waals surface area (Å²) in [6.07, 6.45) is 3.28. The minimum atomic E-state index is -0.223. The first kappa shape index (κ1) is 14.1. The van der Waals surface area contributed by atoms with Gasteiger partial charge in [0.2, 0.25) is 0 Å². The topological polar surface area (TPSA) is 72.4 Å². The molecule has 0 bridgehead atoms. The fraction of sp³-hybridized carbons (Fsp3) is 0.188. The maximum atomic E-state index is 12.6. The van der Waals surface area contributed by atoms with Gasteiger partial charge in [0.05, 0.1) is 25.0 Å². The van der Waals surface area contributed by atoms with Crippen LogP contribution in [0.15, 0.2) is 57.8 Å². The van der Waals surface area contributed by atoms with Crippen LogP contribution in [0.5, 0.6) is 0 Å². The fourth-order valence-corrected chi connectivity index (χ4v) is 2.11. The van der Waals surface area contributed by atoms with Gasteiger partial charge in [0.1, 0.15) is 11.5 Å². The third-order valence-corrected chi connectivity index (χ3v) is 3.14. The lowest BCUT2D eigenvalue weighted by Gasteiger charge is -2.20. The number of aromatic nitrogens is 2. The van der Waals surface area contributed by atoms with E-state index in [-0.39, 0.29) is 11.6 Å². The van der Waals surface area contributed by atoms with Crippen molar-refractivity contribution in [2.45, 2.75) is 20.0 Å². The highest BCUT2D eigenvalue weighted by Gasteiger charge is 2.21. The zero-order valence-electron chi connectivity index (χ0n) is 12.1. The molecule has 22 heavy (non-hydrogen) atoms. The highest BCUT2D eigenvalue weighted by Crippen LogP contribution is 2.14. The van der Waals surface area contributed by atoms with Gasteiger partial charge >= 0.3 is 0 Å². The van der Waals surface area contributed by atoms with E-state index in [2.05, 4.69) is 10.1 Å². The standard InChI is InChI=1S/C16H15N3O3/c1-12-9-15(18-22-12)16(20)19(11-14-6-4-8-21-14)10-13-5-2-3-7-17-13/h2-9H,10-11H2,1H3. The number of carbonyl (C=O) groups excluding carboxylic acids is 1. The number of pyridine rings is 1. The van der Waals surface area contributed by atoms with Crippen LogP contribution in [0.4, 0.5) is 0 Å². The van der Waals surface area contributed by atoms with Crippen molar-refractivity contribution < 1.29 is 13.7 Å². The number of amides is 1. The second kappa shape index (κ2) is 6.26. The molecule has 0 unspecified atom stereocenters. The van der Waals surface area contributed by atoms with Crippen molar-refractivity contribution in [2.75, 3.05) is 0 Å². The van der Waals surface area contributed by atoms with Crippen molar-refractivity contribution in [1.82, 2.24) is 15.0 Å². The molecule has 3 rings (SSSR count). The van der Waals surface area contributed by atoms with Gasteiger partial charge in [-0.3, -0.25) is 9.78 Å². The van der Waals surface area contributed by atoms with Gasteiger partial charge in [0.15, 0.2) is 5.69 Å². The van der Waals surface area contributed by atoms with Gasteiger partial charge in [0, 0.05) is 12.3 Å². The van der Waals surface area contributed by atoms with Gasteiger partial charge in [0.25, 0.3) is 5.91 Å². The third kappa shape index (κ3) is 3.22. The summed E-state index contributed by atoms with van der Waals surface area (Å²) in [5, 5.41) is 3.79. The van der Waals surface area contributed by atoms with Crippen molar-refractivity contribution in [3.8, 4) is 0 Å². The van der Waals surface area contributed by atoms with Gasteiger partial charge in [-0.05, 0) is 31.2 Å². The Balaban J connectivity index is 1.83. The molecule has 112 valence electrons. The van der Waals surface area contributed by atoms with Crippen LogP contribution >= 0.6 is 0 Å². The first-order valence-corrected chi connectivity index (χ1v) is 6.87. The molecule has 3 heterocycles. The number of hydrogen-bond acceptors (Lipinski definition) is 5. The summed E-state index contributed by atoms with van der Waals surface area (Å²) in [6.45, 7) is 2.46. The number of nitrogens with zero attached hydrogens (tertiary/aromatic N) is 3. The highest BCUT2D eigenvalue weighted by atomic mass is 16.5. The van der Waals surface area contributed by atoms with E-state index in [4.69, 9.17) is 8.94 Å². The van der Waals surface area contributed by atoms with E-state index in [1.165, 1.54) is 0 Å². The Morgan fingerprint density at radius 2 is 2.14 bits per heavy atom. The molecule has 0 aliphatic heterocycles. The zero-order chi connectivity index (χ0) is 15.4. The molecular formula is C16H15N3O3. The number of hydrogen-bond donors (Lipinski definition) is 0. The normalized spacial score (nSPS) is 10.6. The Morgan fingerprint density at radius 1 is 1.23 bits per heavy atom. The molecule has 6 nitrogen and oxygen atoms in total. The molecule has 0 saturated heterocycles. The monoisotopic (exact) mass is 297 g/mol. The molecule has 0 aliphatic carbocycles. The van der Waals surface area contributed by atoms with E-state index >= 15 is 0 Å². The second-order valence-corrected chi connectivity index (χ2v) is 4.88. The predicted octanol–water partition coefficient (Wildman–Crippen LogP) is 2.81. The molecule has 0 saturated carbocycles. The van der Waals surface area contributed by atoms with Crippen LogP contribution in [0, 0.1) is 6.92 Å². The molecule has 0 fully saturated rings. The van der Waals surface area contributed by atoms with E-state index in [9.17, 15) is 4.79 Å². The van der Waals surface area contributed by atoms with Crippen molar-refractivity contribution in [1.29, 1.82) is 0 Å². The Hall–Kier alpha value is -2.89. The largest absolute Gasteiger partial charge is 0.467 e. The molecule has 0 N–H and O–H groups in total. The molecule has 3 aromatic heterocycles. The summed E-state index contributed by atoms with van der Waals surface area (Å²) < 4.78 is 10.3. The van der Waals surface area contributed by atoms with Gasteiger partial charge < -0.3 is 13.8 Å². The van der Waals surface area contributed by atoms with E-state index in [1.54, 1.807) is 36.4 Å². The van der Waals surface area contributed by atoms with Crippen LogP contribution in [-0.4, -0.2) is 20.9 Å². The predicted molar refractivity (Wildman–Crippen MR) is 77.8 cm³/mol. The summed E-state index contributed by atoms with van der Waals surface area (Å²) in [5.41, 5.74) is 1.07. The lowest BCUT2D eigenvalue weighted by atomic mass is 10.2. The number of carbonyl (C=O) groups is 1. The van der Waals surface area contributed by atoms with E-state index < -0.39 is 0 Å². The molecule has 0 atom stereocenters. The van der Waals surface area contributed by atoms with E-state index in [1.807, 2.05) is 24.3 Å². The van der Waals surface area contributed by atoms with Gasteiger partial charge in [-0.15, -0.1) is 0 Å². The maximum absolute atomic E-state index is 12.6. The van der Waals surface area contributed by atoms with Gasteiger partial charge in [-0.25, -0.2) is 0 Å². The number of aryl methyl sites for hydroxylation is 1. The Morgan fingerprint density at radius 3 is 2.77 bits per heavy atom. The quantitative estimate of drug-likeness (QED) is 0.724. The molecule has 0 spiro atoms. The maximum Gasteiger partial charge on any atom is 0.276 e. The summed E-state index contributed by atoms with van der Waals surface area (Å²) in [5.74, 6) is 1.07. The van der Waals surface area contributed by atoms with Crippen LogP contribution in [0.25, 0.3) is 0 Å². The smallest absolute Gasteiger partial charge is 0.276 e. The van der Waals surface area contributed by atoms with E-state index in [0.29, 0.717) is 24.6 Å². The summed E-state index contributed by atoms with van der Waals surface area (Å²) >= 11 is 0. The summed E-state index contributed by atoms with van der Waals surface area (Å²) in [4.78, 5) is 18.5. The highest BCUT2D eigenvalue weighted by molar-refractivity contribution is 5.92. The van der Waals surface area contributed by atoms with Crippen LogP contribution in [-0.2, 0) is 13.1 Å². The van der Waals surface area contributed by atoms with Crippen molar-refractivity contribution in [2.24, 2.45) is 0 Å². The average molecular weight is 297 g/mol. The Bertz CT molecular complexity index is 735. The fourth-order valence-electron chi connectivity index (χ4n) is 2.11. The molecule has 0 aromatic carbocycles. The third-order valence-electron chi connectivity index (χ3n) is 3.14. The van der Waals surface area contributed by atoms with Crippen molar-refractivity contribution in [3.05, 3.63) is 71.8 Å². The Labute approximate surface area is 127 Å². The number of rotatable bonds is 5. The average Bonchev–Trinajstić information content (AvgIpc) is 3.18. The van der Waals surface area contributed by atoms with Crippen LogP contribution in [0.2, 0.25) is 0 Å². The van der Waals surface area contributed by atoms with Gasteiger partial charge in [-0.2, -0.15) is 0 Å². The van der Waals surface area contributed by atoms with Crippen LogP contribution < -0.4 is 0 Å². The SMILES string of the molecule is Cc1cc(C(=O)N(Cc2ccccn2)Cc2ccco2)no1. The lowest BCUT2D eigenvalue weighted by Crippen LogP contribution is -2.30. The van der Waals surface area contributed by atoms with Crippen LogP contribution in [0.1, 0.15) is 27.7 Å². The second-order valence-electron chi connectivity index (χ2n) is 4.88. The molecule has 6 heteroatoms.